The Bertz CT molecular complexity index is 707. The summed E-state index contributed by atoms with van der Waals surface area (Å²) in [5.41, 5.74) is 0.482. The van der Waals surface area contributed by atoms with Crippen LogP contribution in [0.15, 0.2) is 30.3 Å². The van der Waals surface area contributed by atoms with Crippen molar-refractivity contribution < 1.29 is 24.1 Å². The Morgan fingerprint density at radius 2 is 1.65 bits per heavy atom. The van der Waals surface area contributed by atoms with Gasteiger partial charge in [0.15, 0.2) is 11.5 Å². The second-order valence-corrected chi connectivity index (χ2v) is 4.97. The van der Waals surface area contributed by atoms with Crippen molar-refractivity contribution in [2.75, 3.05) is 26.6 Å². The van der Waals surface area contributed by atoms with Crippen LogP contribution < -0.4 is 19.5 Å². The number of phenolic OH excluding ortho intramolecular Hbond substituents is 1. The first-order valence-corrected chi connectivity index (χ1v) is 6.97. The number of ether oxygens (including phenoxy) is 3. The molecule has 0 saturated carbocycles. The van der Waals surface area contributed by atoms with E-state index < -0.39 is 5.91 Å². The van der Waals surface area contributed by atoms with Crippen molar-refractivity contribution in [3.05, 3.63) is 40.9 Å². The molecule has 2 N–H and O–H groups in total. The third kappa shape index (κ3) is 3.60. The normalized spacial score (nSPS) is 10.1. The first kappa shape index (κ1) is 16.8. The number of benzene rings is 2. The third-order valence-electron chi connectivity index (χ3n) is 3.13. The molecular weight excluding hydrogens is 322 g/mol. The summed E-state index contributed by atoms with van der Waals surface area (Å²) in [6, 6.07) is 7.39. The van der Waals surface area contributed by atoms with E-state index in [0.717, 1.165) is 0 Å². The summed E-state index contributed by atoms with van der Waals surface area (Å²) in [6.07, 6.45) is 0. The smallest absolute Gasteiger partial charge is 0.259 e. The summed E-state index contributed by atoms with van der Waals surface area (Å²) in [7, 11) is 4.44. The van der Waals surface area contributed by atoms with Crippen molar-refractivity contribution >= 4 is 23.2 Å². The highest BCUT2D eigenvalue weighted by Gasteiger charge is 2.16. The predicted molar refractivity (Wildman–Crippen MR) is 87.2 cm³/mol. The van der Waals surface area contributed by atoms with E-state index in [1.807, 2.05) is 0 Å². The van der Waals surface area contributed by atoms with Crippen molar-refractivity contribution in [2.24, 2.45) is 0 Å². The molecule has 1 amide bonds. The lowest BCUT2D eigenvalue weighted by atomic mass is 10.1. The second kappa shape index (κ2) is 7.11. The monoisotopic (exact) mass is 337 g/mol. The van der Waals surface area contributed by atoms with E-state index >= 15 is 0 Å². The largest absolute Gasteiger partial charge is 0.507 e. The van der Waals surface area contributed by atoms with Gasteiger partial charge in [-0.15, -0.1) is 0 Å². The quantitative estimate of drug-likeness (QED) is 0.875. The first-order chi connectivity index (χ1) is 11.0. The average molecular weight is 338 g/mol. The van der Waals surface area contributed by atoms with Gasteiger partial charge in [-0.3, -0.25) is 4.79 Å². The molecule has 6 nitrogen and oxygen atoms in total. The molecule has 122 valence electrons. The minimum atomic E-state index is -0.515. The summed E-state index contributed by atoms with van der Waals surface area (Å²) in [6.45, 7) is 0. The third-order valence-corrected chi connectivity index (χ3v) is 3.36. The molecule has 0 aliphatic rings. The molecular formula is C16H16ClNO5. The number of hydrogen-bond donors (Lipinski definition) is 2. The van der Waals surface area contributed by atoms with Crippen molar-refractivity contribution in [1.29, 1.82) is 0 Å². The number of rotatable bonds is 5. The van der Waals surface area contributed by atoms with Gasteiger partial charge in [-0.05, 0) is 18.2 Å². The Morgan fingerprint density at radius 1 is 1.04 bits per heavy atom. The molecule has 0 heterocycles. The van der Waals surface area contributed by atoms with Crippen molar-refractivity contribution in [3.63, 3.8) is 0 Å². The maximum atomic E-state index is 12.3. The first-order valence-electron chi connectivity index (χ1n) is 6.60. The van der Waals surface area contributed by atoms with Crippen LogP contribution in [-0.4, -0.2) is 32.3 Å². The highest BCUT2D eigenvalue weighted by atomic mass is 35.5. The van der Waals surface area contributed by atoms with E-state index in [1.165, 1.54) is 39.5 Å². The number of methoxy groups -OCH3 is 3. The van der Waals surface area contributed by atoms with E-state index in [2.05, 4.69) is 5.32 Å². The molecule has 0 unspecified atom stereocenters. The van der Waals surface area contributed by atoms with Crippen LogP contribution in [0, 0.1) is 0 Å². The minimum Gasteiger partial charge on any atom is -0.507 e. The Balaban J connectivity index is 2.36. The lowest BCUT2D eigenvalue weighted by Gasteiger charge is -2.15. The second-order valence-electron chi connectivity index (χ2n) is 4.53. The molecule has 0 bridgehead atoms. The van der Waals surface area contributed by atoms with Gasteiger partial charge in [0.25, 0.3) is 5.91 Å². The van der Waals surface area contributed by atoms with E-state index in [9.17, 15) is 9.90 Å². The number of phenols is 1. The summed E-state index contributed by atoms with van der Waals surface area (Å²) >= 11 is 5.85. The van der Waals surface area contributed by atoms with E-state index in [-0.39, 0.29) is 11.3 Å². The lowest BCUT2D eigenvalue weighted by molar-refractivity contribution is 0.102. The van der Waals surface area contributed by atoms with Crippen molar-refractivity contribution in [1.82, 2.24) is 0 Å². The van der Waals surface area contributed by atoms with Gasteiger partial charge in [-0.25, -0.2) is 0 Å². The molecule has 2 rings (SSSR count). The number of nitrogens with one attached hydrogen (secondary N) is 1. The standard InChI is InChI=1S/C16H16ClNO5/c1-21-13-7-10(8-14(22-2)15(13)23-3)18-16(20)11-6-9(17)4-5-12(11)19/h4-8,19H,1-3H3,(H,18,20). The van der Waals surface area contributed by atoms with Crippen molar-refractivity contribution in [2.45, 2.75) is 0 Å². The Kier molecular flexibility index (Phi) is 5.18. The van der Waals surface area contributed by atoms with Crippen molar-refractivity contribution in [3.8, 4) is 23.0 Å². The SMILES string of the molecule is COc1cc(NC(=O)c2cc(Cl)ccc2O)cc(OC)c1OC. The summed E-state index contributed by atoms with van der Waals surface area (Å²) in [5.74, 6) is 0.534. The average Bonchev–Trinajstić information content (AvgIpc) is 2.55. The number of amides is 1. The maximum absolute atomic E-state index is 12.3. The molecule has 0 fully saturated rings. The Morgan fingerprint density at radius 3 is 2.17 bits per heavy atom. The summed E-state index contributed by atoms with van der Waals surface area (Å²) in [4.78, 5) is 12.3. The molecule has 0 radical (unpaired) electrons. The number of carbonyl (C=O) groups is 1. The maximum Gasteiger partial charge on any atom is 0.259 e. The van der Waals surface area contributed by atoms with E-state index in [0.29, 0.717) is 28.0 Å². The van der Waals surface area contributed by atoms with Crippen LogP contribution >= 0.6 is 11.6 Å². The fourth-order valence-corrected chi connectivity index (χ4v) is 2.21. The number of hydrogen-bond acceptors (Lipinski definition) is 5. The van der Waals surface area contributed by atoms with Gasteiger partial charge in [0.1, 0.15) is 5.75 Å². The minimum absolute atomic E-state index is 0.0613. The van der Waals surface area contributed by atoms with Crippen LogP contribution in [0.4, 0.5) is 5.69 Å². The lowest BCUT2D eigenvalue weighted by Crippen LogP contribution is -2.12. The topological polar surface area (TPSA) is 77.0 Å². The predicted octanol–water partition coefficient (Wildman–Crippen LogP) is 3.32. The van der Waals surface area contributed by atoms with Gasteiger partial charge >= 0.3 is 0 Å². The number of aromatic hydroxyl groups is 1. The fraction of sp³-hybridized carbons (Fsp3) is 0.188. The van der Waals surface area contributed by atoms with E-state index in [4.69, 9.17) is 25.8 Å². The van der Waals surface area contributed by atoms with Crippen LogP contribution in [0.3, 0.4) is 0 Å². The molecule has 0 aliphatic carbocycles. The molecule has 0 aromatic heterocycles. The van der Waals surface area contributed by atoms with Gasteiger partial charge in [0.05, 0.1) is 26.9 Å². The fourth-order valence-electron chi connectivity index (χ4n) is 2.04. The van der Waals surface area contributed by atoms with Crippen LogP contribution in [-0.2, 0) is 0 Å². The van der Waals surface area contributed by atoms with Gasteiger partial charge in [0, 0.05) is 22.8 Å². The molecule has 2 aromatic rings. The zero-order valence-corrected chi connectivity index (χ0v) is 13.6. The molecule has 0 spiro atoms. The molecule has 2 aromatic carbocycles. The van der Waals surface area contributed by atoms with Crippen LogP contribution in [0.2, 0.25) is 5.02 Å². The Labute approximate surface area is 138 Å². The highest BCUT2D eigenvalue weighted by Crippen LogP contribution is 2.40. The zero-order valence-electron chi connectivity index (χ0n) is 12.8. The van der Waals surface area contributed by atoms with Crippen LogP contribution in [0.1, 0.15) is 10.4 Å². The number of halogens is 1. The zero-order chi connectivity index (χ0) is 17.0. The Hall–Kier alpha value is -2.60. The van der Waals surface area contributed by atoms with Crippen LogP contribution in [0.5, 0.6) is 23.0 Å². The van der Waals surface area contributed by atoms with Gasteiger partial charge in [-0.2, -0.15) is 0 Å². The van der Waals surface area contributed by atoms with Gasteiger partial charge in [-0.1, -0.05) is 11.6 Å². The number of anilines is 1. The highest BCUT2D eigenvalue weighted by molar-refractivity contribution is 6.31. The van der Waals surface area contributed by atoms with Gasteiger partial charge in [0.2, 0.25) is 5.75 Å². The molecule has 0 saturated heterocycles. The number of carbonyl (C=O) groups excluding carboxylic acids is 1. The van der Waals surface area contributed by atoms with E-state index in [1.54, 1.807) is 12.1 Å². The molecule has 23 heavy (non-hydrogen) atoms. The summed E-state index contributed by atoms with van der Waals surface area (Å²) in [5, 5.41) is 12.8. The van der Waals surface area contributed by atoms with Gasteiger partial charge < -0.3 is 24.6 Å². The van der Waals surface area contributed by atoms with Crippen LogP contribution in [0.25, 0.3) is 0 Å². The molecule has 7 heteroatoms. The molecule has 0 atom stereocenters. The molecule has 0 aliphatic heterocycles. The summed E-state index contributed by atoms with van der Waals surface area (Å²) < 4.78 is 15.7.